The van der Waals surface area contributed by atoms with Gasteiger partial charge in [0.25, 0.3) is 0 Å². The minimum Gasteiger partial charge on any atom is -0.496 e. The summed E-state index contributed by atoms with van der Waals surface area (Å²) in [5, 5.41) is 4.84. The number of benzene rings is 3. The van der Waals surface area contributed by atoms with Crippen molar-refractivity contribution in [1.82, 2.24) is 14.7 Å². The fourth-order valence-corrected chi connectivity index (χ4v) is 4.14. The van der Waals surface area contributed by atoms with Crippen LogP contribution in [0.2, 0.25) is 0 Å². The molecule has 5 rings (SSSR count). The molecule has 7 heteroatoms. The molecule has 1 aliphatic heterocycles. The molecule has 0 N–H and O–H groups in total. The number of rotatable bonds is 8. The summed E-state index contributed by atoms with van der Waals surface area (Å²) in [6.45, 7) is 1.30. The average Bonchev–Trinajstić information content (AvgIpc) is 3.54. The smallest absolute Gasteiger partial charge is 0.246 e. The summed E-state index contributed by atoms with van der Waals surface area (Å²) < 4.78 is 18.3. The number of ether oxygens (including phenoxy) is 3. The Bertz CT molecular complexity index is 1390. The highest BCUT2D eigenvalue weighted by atomic mass is 16.7. The summed E-state index contributed by atoms with van der Waals surface area (Å²) in [6, 6.07) is 23.6. The van der Waals surface area contributed by atoms with Crippen LogP contribution in [0.4, 0.5) is 0 Å². The van der Waals surface area contributed by atoms with Crippen LogP contribution in [0.25, 0.3) is 17.3 Å². The molecule has 0 fully saturated rings. The van der Waals surface area contributed by atoms with Gasteiger partial charge in [0.1, 0.15) is 11.4 Å². The Morgan fingerprint density at radius 1 is 1.03 bits per heavy atom. The fraction of sp³-hybridized carbons (Fsp3) is 0.172. The molecule has 1 aromatic heterocycles. The number of carbonyl (C=O) groups excluding carboxylic acids is 1. The summed E-state index contributed by atoms with van der Waals surface area (Å²) >= 11 is 0. The Morgan fingerprint density at radius 3 is 2.64 bits per heavy atom. The number of methoxy groups -OCH3 is 1. The van der Waals surface area contributed by atoms with Crippen LogP contribution in [-0.4, -0.2) is 41.5 Å². The molecule has 1 amide bonds. The normalized spacial score (nSPS) is 12.2. The largest absolute Gasteiger partial charge is 0.496 e. The van der Waals surface area contributed by atoms with E-state index in [-0.39, 0.29) is 12.7 Å². The first kappa shape index (κ1) is 23.2. The van der Waals surface area contributed by atoms with Gasteiger partial charge in [-0.1, -0.05) is 48.5 Å². The third kappa shape index (κ3) is 5.10. The van der Waals surface area contributed by atoms with Crippen LogP contribution >= 0.6 is 0 Å². The van der Waals surface area contributed by atoms with E-state index in [1.807, 2.05) is 77.6 Å². The predicted molar refractivity (Wildman–Crippen MR) is 138 cm³/mol. The zero-order valence-electron chi connectivity index (χ0n) is 20.3. The Balaban J connectivity index is 1.38. The van der Waals surface area contributed by atoms with Crippen LogP contribution < -0.4 is 14.2 Å². The first-order chi connectivity index (χ1) is 17.6. The maximum Gasteiger partial charge on any atom is 0.246 e. The van der Waals surface area contributed by atoms with Gasteiger partial charge in [0.05, 0.1) is 13.7 Å². The first-order valence-electron chi connectivity index (χ1n) is 11.7. The Labute approximate surface area is 210 Å². The molecule has 182 valence electrons. The van der Waals surface area contributed by atoms with Crippen LogP contribution in [0.15, 0.2) is 85.1 Å². The second kappa shape index (κ2) is 10.4. The minimum atomic E-state index is -0.116. The van der Waals surface area contributed by atoms with Crippen molar-refractivity contribution in [3.05, 3.63) is 102 Å². The lowest BCUT2D eigenvalue weighted by molar-refractivity contribution is -0.125. The van der Waals surface area contributed by atoms with Crippen LogP contribution in [0.5, 0.6) is 17.2 Å². The zero-order chi connectivity index (χ0) is 24.9. The molecule has 1 aliphatic rings. The van der Waals surface area contributed by atoms with Crippen molar-refractivity contribution in [3.8, 4) is 28.5 Å². The average molecular weight is 482 g/mol. The number of amides is 1. The summed E-state index contributed by atoms with van der Waals surface area (Å²) in [5.74, 6) is 2.04. The number of hydrogen-bond donors (Lipinski definition) is 0. The number of carbonyl (C=O) groups is 1. The van der Waals surface area contributed by atoms with Crippen molar-refractivity contribution in [2.75, 3.05) is 21.0 Å². The van der Waals surface area contributed by atoms with Crippen molar-refractivity contribution in [2.24, 2.45) is 0 Å². The second-order valence-corrected chi connectivity index (χ2v) is 8.53. The van der Waals surface area contributed by atoms with Gasteiger partial charge in [0, 0.05) is 37.0 Å². The molecule has 0 spiro atoms. The van der Waals surface area contributed by atoms with E-state index >= 15 is 0 Å². The highest BCUT2D eigenvalue weighted by Gasteiger charge is 2.16. The van der Waals surface area contributed by atoms with Gasteiger partial charge in [-0.3, -0.25) is 9.48 Å². The highest BCUT2D eigenvalue weighted by Crippen LogP contribution is 2.33. The third-order valence-electron chi connectivity index (χ3n) is 5.98. The number of aromatic nitrogens is 2. The molecule has 0 bridgehead atoms. The van der Waals surface area contributed by atoms with Gasteiger partial charge in [0.2, 0.25) is 12.7 Å². The molecular formula is C29H27N3O4. The first-order valence-corrected chi connectivity index (χ1v) is 11.7. The molecule has 3 aromatic carbocycles. The lowest BCUT2D eigenvalue weighted by Crippen LogP contribution is -2.24. The van der Waals surface area contributed by atoms with E-state index in [1.54, 1.807) is 25.1 Å². The fourth-order valence-electron chi connectivity index (χ4n) is 4.14. The molecule has 0 saturated carbocycles. The number of likely N-dealkylation sites (N-methyl/N-ethyl adjacent to an activating group) is 1. The van der Waals surface area contributed by atoms with Gasteiger partial charge in [-0.2, -0.15) is 5.10 Å². The molecule has 4 aromatic rings. The minimum absolute atomic E-state index is 0.116. The highest BCUT2D eigenvalue weighted by molar-refractivity contribution is 5.93. The van der Waals surface area contributed by atoms with Gasteiger partial charge in [0.15, 0.2) is 11.5 Å². The van der Waals surface area contributed by atoms with Crippen LogP contribution in [-0.2, 0) is 17.9 Å². The van der Waals surface area contributed by atoms with Gasteiger partial charge in [-0.15, -0.1) is 0 Å². The number of hydrogen-bond acceptors (Lipinski definition) is 5. The molecule has 0 atom stereocenters. The molecule has 0 radical (unpaired) electrons. The maximum absolute atomic E-state index is 13.0. The summed E-state index contributed by atoms with van der Waals surface area (Å²) in [5.41, 5.74) is 4.56. The summed E-state index contributed by atoms with van der Waals surface area (Å²) in [7, 11) is 3.42. The van der Waals surface area contributed by atoms with Crippen LogP contribution in [0.3, 0.4) is 0 Å². The number of fused-ring (bicyclic) bond motifs is 1. The molecule has 0 saturated heterocycles. The maximum atomic E-state index is 13.0. The lowest BCUT2D eigenvalue weighted by Gasteiger charge is -2.15. The predicted octanol–water partition coefficient (Wildman–Crippen LogP) is 5.01. The topological polar surface area (TPSA) is 65.8 Å². The van der Waals surface area contributed by atoms with Gasteiger partial charge < -0.3 is 19.1 Å². The Hall–Kier alpha value is -4.52. The zero-order valence-corrected chi connectivity index (χ0v) is 20.3. The molecule has 2 heterocycles. The van der Waals surface area contributed by atoms with Crippen molar-refractivity contribution in [2.45, 2.75) is 13.1 Å². The lowest BCUT2D eigenvalue weighted by atomic mass is 10.1. The molecule has 0 aliphatic carbocycles. The van der Waals surface area contributed by atoms with Crippen molar-refractivity contribution < 1.29 is 19.0 Å². The summed E-state index contributed by atoms with van der Waals surface area (Å²) in [4.78, 5) is 14.6. The Morgan fingerprint density at radius 2 is 1.81 bits per heavy atom. The van der Waals surface area contributed by atoms with Crippen LogP contribution in [0.1, 0.15) is 16.7 Å². The van der Waals surface area contributed by atoms with Gasteiger partial charge in [-0.25, -0.2) is 0 Å². The van der Waals surface area contributed by atoms with E-state index in [0.29, 0.717) is 18.8 Å². The van der Waals surface area contributed by atoms with E-state index in [1.165, 1.54) is 0 Å². The molecule has 0 unspecified atom stereocenters. The van der Waals surface area contributed by atoms with E-state index in [9.17, 15) is 4.79 Å². The third-order valence-corrected chi connectivity index (χ3v) is 5.98. The van der Waals surface area contributed by atoms with E-state index in [4.69, 9.17) is 19.3 Å². The molecule has 7 nitrogen and oxygen atoms in total. The van der Waals surface area contributed by atoms with E-state index < -0.39 is 0 Å². The van der Waals surface area contributed by atoms with Gasteiger partial charge >= 0.3 is 0 Å². The number of para-hydroxylation sites is 1. The monoisotopic (exact) mass is 481 g/mol. The standard InChI is InChI=1S/C29H27N3O4/c1-31(17-22-12-14-26-27(16-22)36-20-35-26)28(33)15-13-23-19-32(18-21-8-4-3-5-9-21)30-29(23)24-10-6-7-11-25(24)34-2/h3-16,19H,17-18,20H2,1-2H3. The molecular weight excluding hydrogens is 454 g/mol. The van der Waals surface area contributed by atoms with Crippen molar-refractivity contribution >= 4 is 12.0 Å². The SMILES string of the molecule is COc1ccccc1-c1nn(Cc2ccccc2)cc1C=CC(=O)N(C)Cc1ccc2c(c1)OCO2. The van der Waals surface area contributed by atoms with Crippen molar-refractivity contribution in [3.63, 3.8) is 0 Å². The van der Waals surface area contributed by atoms with E-state index in [0.717, 1.165) is 39.4 Å². The molecule has 36 heavy (non-hydrogen) atoms. The number of nitrogens with zero attached hydrogens (tertiary/aromatic N) is 3. The van der Waals surface area contributed by atoms with Gasteiger partial charge in [-0.05, 0) is 41.5 Å². The van der Waals surface area contributed by atoms with E-state index in [2.05, 4.69) is 12.1 Å². The summed E-state index contributed by atoms with van der Waals surface area (Å²) in [6.07, 6.45) is 5.35. The second-order valence-electron chi connectivity index (χ2n) is 8.53. The quantitative estimate of drug-likeness (QED) is 0.331. The van der Waals surface area contributed by atoms with Crippen molar-refractivity contribution in [1.29, 1.82) is 0 Å². The Kier molecular flexibility index (Phi) is 6.71. The van der Waals surface area contributed by atoms with Crippen LogP contribution in [0, 0.1) is 0 Å².